The first kappa shape index (κ1) is 14.6. The fourth-order valence-corrected chi connectivity index (χ4v) is 2.19. The fourth-order valence-electron chi connectivity index (χ4n) is 1.93. The Labute approximate surface area is 127 Å². The van der Waals surface area contributed by atoms with Crippen molar-refractivity contribution in [3.8, 4) is 11.8 Å². The van der Waals surface area contributed by atoms with Crippen molar-refractivity contribution in [1.29, 1.82) is 5.26 Å². The van der Waals surface area contributed by atoms with Crippen LogP contribution in [0.15, 0.2) is 53.0 Å². The molecule has 2 rings (SSSR count). The number of hydrogen-bond acceptors (Lipinski definition) is 3. The summed E-state index contributed by atoms with van der Waals surface area (Å²) < 4.78 is 6.96. The van der Waals surface area contributed by atoms with E-state index in [-0.39, 0.29) is 12.1 Å². The summed E-state index contributed by atoms with van der Waals surface area (Å²) in [6.07, 6.45) is -0.294. The highest BCUT2D eigenvalue weighted by molar-refractivity contribution is 9.10. The van der Waals surface area contributed by atoms with Gasteiger partial charge >= 0.3 is 0 Å². The molecule has 0 aliphatic rings. The summed E-state index contributed by atoms with van der Waals surface area (Å²) in [5, 5.41) is 9.11. The van der Waals surface area contributed by atoms with Crippen LogP contribution in [-0.2, 0) is 0 Å². The van der Waals surface area contributed by atoms with Crippen LogP contribution in [0, 0.1) is 11.3 Å². The van der Waals surface area contributed by atoms with Crippen LogP contribution < -0.4 is 10.5 Å². The highest BCUT2D eigenvalue weighted by atomic mass is 79.9. The van der Waals surface area contributed by atoms with Crippen LogP contribution in [0.1, 0.15) is 24.2 Å². The van der Waals surface area contributed by atoms with Crippen molar-refractivity contribution in [3.05, 3.63) is 64.1 Å². The summed E-state index contributed by atoms with van der Waals surface area (Å²) in [7, 11) is 0. The number of rotatable bonds is 4. The topological polar surface area (TPSA) is 59.0 Å². The third-order valence-electron chi connectivity index (χ3n) is 2.94. The molecule has 0 radical (unpaired) electrons. The highest BCUT2D eigenvalue weighted by Crippen LogP contribution is 2.27. The number of nitriles is 1. The molecular formula is C16H15BrN2O. The lowest BCUT2D eigenvalue weighted by molar-refractivity contribution is 0.180. The summed E-state index contributed by atoms with van der Waals surface area (Å²) in [5.74, 6) is 0.556. The van der Waals surface area contributed by atoms with Gasteiger partial charge in [0.15, 0.2) is 0 Å². The number of benzene rings is 2. The number of hydrogen-bond donors (Lipinski definition) is 1. The Kier molecular flexibility index (Phi) is 4.78. The quantitative estimate of drug-likeness (QED) is 0.927. The molecule has 2 aromatic rings. The maximum atomic E-state index is 9.11. The predicted molar refractivity (Wildman–Crippen MR) is 82.3 cm³/mol. The molecule has 0 spiro atoms. The number of nitrogens with zero attached hydrogens (tertiary/aromatic N) is 1. The molecule has 2 aromatic carbocycles. The molecule has 0 aliphatic carbocycles. The van der Waals surface area contributed by atoms with Crippen molar-refractivity contribution >= 4 is 15.9 Å². The monoisotopic (exact) mass is 330 g/mol. The molecule has 0 saturated heterocycles. The second-order valence-corrected chi connectivity index (χ2v) is 5.47. The van der Waals surface area contributed by atoms with Gasteiger partial charge in [0.2, 0.25) is 0 Å². The molecule has 0 heterocycles. The van der Waals surface area contributed by atoms with E-state index in [2.05, 4.69) is 22.0 Å². The van der Waals surface area contributed by atoms with E-state index in [4.69, 9.17) is 15.7 Å². The van der Waals surface area contributed by atoms with Crippen LogP contribution in [0.25, 0.3) is 0 Å². The maximum Gasteiger partial charge on any atom is 0.139 e. The summed E-state index contributed by atoms with van der Waals surface area (Å²) in [6.45, 7) is 1.89. The van der Waals surface area contributed by atoms with Crippen LogP contribution in [0.3, 0.4) is 0 Å². The molecule has 0 bridgehead atoms. The third-order valence-corrected chi connectivity index (χ3v) is 3.47. The second kappa shape index (κ2) is 6.56. The molecule has 0 aliphatic heterocycles. The SMILES string of the molecule is CC(N)C(Oc1ccccc1C#N)c1ccc(Br)cc1. The number of ether oxygens (including phenoxy) is 1. The van der Waals surface area contributed by atoms with Gasteiger partial charge in [-0.2, -0.15) is 5.26 Å². The largest absolute Gasteiger partial charge is 0.483 e. The number of halogens is 1. The van der Waals surface area contributed by atoms with Gasteiger partial charge in [-0.05, 0) is 36.8 Å². The Balaban J connectivity index is 2.31. The van der Waals surface area contributed by atoms with Crippen LogP contribution >= 0.6 is 15.9 Å². The van der Waals surface area contributed by atoms with Gasteiger partial charge in [-0.25, -0.2) is 0 Å². The van der Waals surface area contributed by atoms with Crippen molar-refractivity contribution in [2.24, 2.45) is 5.73 Å². The van der Waals surface area contributed by atoms with Gasteiger partial charge in [-0.15, -0.1) is 0 Å². The van der Waals surface area contributed by atoms with Crippen LogP contribution in [-0.4, -0.2) is 6.04 Å². The molecular weight excluding hydrogens is 316 g/mol. The van der Waals surface area contributed by atoms with Gasteiger partial charge in [0.1, 0.15) is 17.9 Å². The average Bonchev–Trinajstić information content (AvgIpc) is 2.46. The Hall–Kier alpha value is -1.83. The molecule has 4 heteroatoms. The van der Waals surface area contributed by atoms with E-state index < -0.39 is 0 Å². The first-order valence-corrected chi connectivity index (χ1v) is 7.08. The zero-order valence-electron chi connectivity index (χ0n) is 11.1. The second-order valence-electron chi connectivity index (χ2n) is 4.56. The van der Waals surface area contributed by atoms with Gasteiger partial charge in [-0.1, -0.05) is 40.2 Å². The van der Waals surface area contributed by atoms with Gasteiger partial charge < -0.3 is 10.5 Å². The number of para-hydroxylation sites is 1. The van der Waals surface area contributed by atoms with E-state index in [1.54, 1.807) is 12.1 Å². The van der Waals surface area contributed by atoms with Crippen LogP contribution in [0.5, 0.6) is 5.75 Å². The van der Waals surface area contributed by atoms with Gasteiger partial charge in [0.25, 0.3) is 0 Å². The van der Waals surface area contributed by atoms with Gasteiger partial charge in [-0.3, -0.25) is 0 Å². The molecule has 0 fully saturated rings. The molecule has 0 amide bonds. The molecule has 2 N–H and O–H groups in total. The Bertz CT molecular complexity index is 617. The summed E-state index contributed by atoms with van der Waals surface area (Å²) >= 11 is 3.41. The minimum absolute atomic E-state index is 0.192. The van der Waals surface area contributed by atoms with Crippen molar-refractivity contribution in [2.45, 2.75) is 19.1 Å². The van der Waals surface area contributed by atoms with E-state index >= 15 is 0 Å². The molecule has 2 atom stereocenters. The molecule has 102 valence electrons. The normalized spacial score (nSPS) is 13.3. The Morgan fingerprint density at radius 2 is 1.80 bits per heavy atom. The smallest absolute Gasteiger partial charge is 0.139 e. The van der Waals surface area contributed by atoms with E-state index in [0.717, 1.165) is 10.0 Å². The van der Waals surface area contributed by atoms with E-state index in [9.17, 15) is 0 Å². The van der Waals surface area contributed by atoms with E-state index in [1.165, 1.54) is 0 Å². The highest BCUT2D eigenvalue weighted by Gasteiger charge is 2.19. The predicted octanol–water partition coefficient (Wildman–Crippen LogP) is 3.79. The molecule has 0 aromatic heterocycles. The first-order chi connectivity index (χ1) is 9.61. The van der Waals surface area contributed by atoms with Gasteiger partial charge in [0.05, 0.1) is 5.56 Å². The molecule has 2 unspecified atom stereocenters. The zero-order valence-corrected chi connectivity index (χ0v) is 12.7. The lowest BCUT2D eigenvalue weighted by Crippen LogP contribution is -2.29. The summed E-state index contributed by atoms with van der Waals surface area (Å²) in [4.78, 5) is 0. The number of nitrogens with two attached hydrogens (primary N) is 1. The van der Waals surface area contributed by atoms with E-state index in [0.29, 0.717) is 11.3 Å². The van der Waals surface area contributed by atoms with Crippen LogP contribution in [0.2, 0.25) is 0 Å². The molecule has 20 heavy (non-hydrogen) atoms. The standard InChI is InChI=1S/C16H15BrN2O/c1-11(19)16(12-6-8-14(17)9-7-12)20-15-5-3-2-4-13(15)10-18/h2-9,11,16H,19H2,1H3. The lowest BCUT2D eigenvalue weighted by Gasteiger charge is -2.23. The Morgan fingerprint density at radius 1 is 1.15 bits per heavy atom. The third kappa shape index (κ3) is 3.38. The molecule has 3 nitrogen and oxygen atoms in total. The first-order valence-electron chi connectivity index (χ1n) is 6.28. The van der Waals surface area contributed by atoms with E-state index in [1.807, 2.05) is 43.3 Å². The van der Waals surface area contributed by atoms with Crippen molar-refractivity contribution in [1.82, 2.24) is 0 Å². The maximum absolute atomic E-state index is 9.11. The van der Waals surface area contributed by atoms with Crippen LogP contribution in [0.4, 0.5) is 0 Å². The van der Waals surface area contributed by atoms with Gasteiger partial charge in [0, 0.05) is 10.5 Å². The zero-order chi connectivity index (χ0) is 14.5. The minimum Gasteiger partial charge on any atom is -0.483 e. The minimum atomic E-state index is -0.294. The Morgan fingerprint density at radius 3 is 2.40 bits per heavy atom. The fraction of sp³-hybridized carbons (Fsp3) is 0.188. The molecule has 0 saturated carbocycles. The summed E-state index contributed by atoms with van der Waals surface area (Å²) in [5.41, 5.74) is 7.52. The van der Waals surface area contributed by atoms with Crippen molar-refractivity contribution < 1.29 is 4.74 Å². The van der Waals surface area contributed by atoms with Crippen molar-refractivity contribution in [2.75, 3.05) is 0 Å². The lowest BCUT2D eigenvalue weighted by atomic mass is 10.0. The summed E-state index contributed by atoms with van der Waals surface area (Å²) in [6, 6.07) is 16.9. The van der Waals surface area contributed by atoms with Crippen molar-refractivity contribution in [3.63, 3.8) is 0 Å². The average molecular weight is 331 g/mol.